The molecule has 3 aromatic rings. The maximum Gasteiger partial charge on any atom is 0.289 e. The van der Waals surface area contributed by atoms with E-state index in [1.807, 2.05) is 17.9 Å². The number of carbonyl (C=O) groups excluding carboxylic acids is 1. The zero-order valence-electron chi connectivity index (χ0n) is 19.6. The molecular formula is C23H31N5O4S. The van der Waals surface area contributed by atoms with Gasteiger partial charge in [-0.15, -0.1) is 0 Å². The largest absolute Gasteiger partial charge is 0.456 e. The third-order valence-electron chi connectivity index (χ3n) is 6.00. The molecule has 0 unspecified atom stereocenters. The molecule has 3 heterocycles. The highest BCUT2D eigenvalue weighted by atomic mass is 32.2. The fraction of sp³-hybridized carbons (Fsp3) is 0.478. The van der Waals surface area contributed by atoms with Crippen LogP contribution in [0.25, 0.3) is 11.0 Å². The summed E-state index contributed by atoms with van der Waals surface area (Å²) in [5.41, 5.74) is 1.62. The third-order valence-corrected chi connectivity index (χ3v) is 7.81. The Kier molecular flexibility index (Phi) is 6.60. The van der Waals surface area contributed by atoms with Crippen LogP contribution in [0.5, 0.6) is 0 Å². The summed E-state index contributed by atoms with van der Waals surface area (Å²) in [6, 6.07) is 8.68. The molecule has 0 radical (unpaired) electrons. The topological polar surface area (TPSA) is 91.9 Å². The van der Waals surface area contributed by atoms with E-state index in [-0.39, 0.29) is 10.8 Å². The summed E-state index contributed by atoms with van der Waals surface area (Å²) in [4.78, 5) is 21.8. The maximum absolute atomic E-state index is 12.6. The molecule has 2 aromatic heterocycles. The first-order valence-corrected chi connectivity index (χ1v) is 12.6. The number of aryl methyl sites for hydroxylation is 2. The molecule has 0 aliphatic carbocycles. The Morgan fingerprint density at radius 2 is 1.85 bits per heavy atom. The molecule has 10 heteroatoms. The lowest BCUT2D eigenvalue weighted by Crippen LogP contribution is -2.48. The fourth-order valence-corrected chi connectivity index (χ4v) is 5.06. The summed E-state index contributed by atoms with van der Waals surface area (Å²) in [5, 5.41) is 0. The molecular weight excluding hydrogens is 442 g/mol. The van der Waals surface area contributed by atoms with Crippen LogP contribution in [0.4, 0.5) is 0 Å². The highest BCUT2D eigenvalue weighted by Gasteiger charge is 2.26. The minimum absolute atomic E-state index is 0.0735. The van der Waals surface area contributed by atoms with E-state index in [4.69, 9.17) is 9.40 Å². The van der Waals surface area contributed by atoms with Crippen molar-refractivity contribution in [2.45, 2.75) is 38.3 Å². The molecule has 0 saturated carbocycles. The summed E-state index contributed by atoms with van der Waals surface area (Å²) in [7, 11) is -0.467. The first-order chi connectivity index (χ1) is 15.7. The Balaban J connectivity index is 1.51. The lowest BCUT2D eigenvalue weighted by molar-refractivity contribution is 0.0592. The smallest absolute Gasteiger partial charge is 0.289 e. The molecule has 0 bridgehead atoms. The average molecular weight is 474 g/mol. The zero-order valence-corrected chi connectivity index (χ0v) is 20.4. The van der Waals surface area contributed by atoms with Crippen molar-refractivity contribution in [1.82, 2.24) is 23.7 Å². The van der Waals surface area contributed by atoms with Gasteiger partial charge >= 0.3 is 0 Å². The number of hydrogen-bond donors (Lipinski definition) is 0. The second kappa shape index (κ2) is 9.28. The van der Waals surface area contributed by atoms with Gasteiger partial charge in [0.05, 0.1) is 22.5 Å². The van der Waals surface area contributed by atoms with Crippen LogP contribution in [0.1, 0.15) is 35.5 Å². The first kappa shape index (κ1) is 23.5. The predicted octanol–water partition coefficient (Wildman–Crippen LogP) is 2.56. The van der Waals surface area contributed by atoms with Crippen LogP contribution in [0.3, 0.4) is 0 Å². The van der Waals surface area contributed by atoms with Gasteiger partial charge in [0, 0.05) is 46.8 Å². The minimum Gasteiger partial charge on any atom is -0.456 e. The van der Waals surface area contributed by atoms with Gasteiger partial charge in [0.2, 0.25) is 10.0 Å². The van der Waals surface area contributed by atoms with Crippen LogP contribution in [-0.2, 0) is 23.1 Å². The molecule has 4 rings (SSSR count). The summed E-state index contributed by atoms with van der Waals surface area (Å²) in [5.74, 6) is 1.95. The highest BCUT2D eigenvalue weighted by Crippen LogP contribution is 2.23. The van der Waals surface area contributed by atoms with Gasteiger partial charge in [-0.2, -0.15) is 0 Å². The van der Waals surface area contributed by atoms with Crippen molar-refractivity contribution in [2.75, 3.05) is 40.3 Å². The number of nitrogens with zero attached hydrogens (tertiary/aromatic N) is 5. The van der Waals surface area contributed by atoms with E-state index in [1.165, 1.54) is 18.4 Å². The van der Waals surface area contributed by atoms with Crippen molar-refractivity contribution >= 4 is 27.0 Å². The summed E-state index contributed by atoms with van der Waals surface area (Å²) in [6.07, 6.45) is 0.945. The lowest BCUT2D eigenvalue weighted by atomic mass is 10.2. The average Bonchev–Trinajstić information content (AvgIpc) is 3.37. The molecule has 1 aliphatic rings. The number of hydrogen-bond acceptors (Lipinski definition) is 6. The molecule has 1 amide bonds. The van der Waals surface area contributed by atoms with Gasteiger partial charge in [-0.25, -0.2) is 17.7 Å². The number of furan rings is 1. The second-order valence-electron chi connectivity index (χ2n) is 8.60. The number of fused-ring (bicyclic) bond motifs is 1. The van der Waals surface area contributed by atoms with Crippen molar-refractivity contribution in [3.05, 3.63) is 47.7 Å². The molecule has 0 atom stereocenters. The van der Waals surface area contributed by atoms with Crippen molar-refractivity contribution in [1.29, 1.82) is 0 Å². The van der Waals surface area contributed by atoms with Crippen molar-refractivity contribution in [3.8, 4) is 0 Å². The van der Waals surface area contributed by atoms with Gasteiger partial charge in [0.1, 0.15) is 11.6 Å². The van der Waals surface area contributed by atoms with E-state index in [0.717, 1.165) is 43.2 Å². The van der Waals surface area contributed by atoms with Crippen LogP contribution in [0, 0.1) is 6.92 Å². The number of sulfonamides is 1. The van der Waals surface area contributed by atoms with Crippen LogP contribution in [-0.4, -0.2) is 78.3 Å². The van der Waals surface area contributed by atoms with E-state index >= 15 is 0 Å². The van der Waals surface area contributed by atoms with Crippen LogP contribution < -0.4 is 0 Å². The van der Waals surface area contributed by atoms with E-state index in [0.29, 0.717) is 30.9 Å². The number of aromatic nitrogens is 2. The number of rotatable bonds is 7. The molecule has 33 heavy (non-hydrogen) atoms. The SMILES string of the molecule is CCCn1c(CN2CCN(C(=O)c3ccc(C)o3)CC2)nc2cc(S(=O)(=O)N(C)C)ccc21. The Morgan fingerprint density at radius 1 is 1.12 bits per heavy atom. The Bertz CT molecular complexity index is 1250. The van der Waals surface area contributed by atoms with E-state index < -0.39 is 10.0 Å². The number of amides is 1. The lowest BCUT2D eigenvalue weighted by Gasteiger charge is -2.34. The maximum atomic E-state index is 12.6. The van der Waals surface area contributed by atoms with Crippen LogP contribution in [0.2, 0.25) is 0 Å². The number of benzene rings is 1. The van der Waals surface area contributed by atoms with Gasteiger partial charge in [-0.1, -0.05) is 6.92 Å². The Labute approximate surface area is 194 Å². The van der Waals surface area contributed by atoms with Gasteiger partial charge < -0.3 is 13.9 Å². The number of carbonyl (C=O) groups is 1. The Morgan fingerprint density at radius 3 is 2.45 bits per heavy atom. The van der Waals surface area contributed by atoms with E-state index in [2.05, 4.69) is 16.4 Å². The normalized spacial score (nSPS) is 15.6. The van der Waals surface area contributed by atoms with Gasteiger partial charge in [-0.05, 0) is 43.7 Å². The molecule has 0 spiro atoms. The van der Waals surface area contributed by atoms with Gasteiger partial charge in [-0.3, -0.25) is 9.69 Å². The van der Waals surface area contributed by atoms with Crippen LogP contribution in [0.15, 0.2) is 39.6 Å². The van der Waals surface area contributed by atoms with Crippen molar-refractivity contribution in [3.63, 3.8) is 0 Å². The number of piperazine rings is 1. The van der Waals surface area contributed by atoms with Crippen molar-refractivity contribution in [2.24, 2.45) is 0 Å². The molecule has 9 nitrogen and oxygen atoms in total. The number of imidazole rings is 1. The summed E-state index contributed by atoms with van der Waals surface area (Å²) >= 11 is 0. The molecule has 1 aromatic carbocycles. The Hall–Kier alpha value is -2.69. The van der Waals surface area contributed by atoms with Gasteiger partial charge in [0.15, 0.2) is 5.76 Å². The molecule has 1 saturated heterocycles. The van der Waals surface area contributed by atoms with Crippen LogP contribution >= 0.6 is 0 Å². The molecule has 0 N–H and O–H groups in total. The monoisotopic (exact) mass is 473 g/mol. The first-order valence-electron chi connectivity index (χ1n) is 11.2. The van der Waals surface area contributed by atoms with Gasteiger partial charge in [0.25, 0.3) is 5.91 Å². The fourth-order valence-electron chi connectivity index (χ4n) is 4.14. The predicted molar refractivity (Wildman–Crippen MR) is 126 cm³/mol. The van der Waals surface area contributed by atoms with Crippen molar-refractivity contribution < 1.29 is 17.6 Å². The second-order valence-corrected chi connectivity index (χ2v) is 10.7. The summed E-state index contributed by atoms with van der Waals surface area (Å²) in [6.45, 7) is 8.11. The minimum atomic E-state index is -3.52. The third kappa shape index (κ3) is 4.68. The van der Waals surface area contributed by atoms with E-state index in [9.17, 15) is 13.2 Å². The molecule has 178 valence electrons. The zero-order chi connectivity index (χ0) is 23.8. The highest BCUT2D eigenvalue weighted by molar-refractivity contribution is 7.89. The molecule has 1 fully saturated rings. The quantitative estimate of drug-likeness (QED) is 0.524. The molecule has 1 aliphatic heterocycles. The standard InChI is InChI=1S/C23H31N5O4S/c1-5-10-28-20-8-7-18(33(30,31)25(3)4)15-19(20)24-22(28)16-26-11-13-27(14-12-26)23(29)21-9-6-17(2)32-21/h6-9,15H,5,10-14,16H2,1-4H3. The van der Waals surface area contributed by atoms with E-state index in [1.54, 1.807) is 24.3 Å². The summed E-state index contributed by atoms with van der Waals surface area (Å²) < 4.78 is 34.0.